The molecule has 2 aromatic carbocycles. The zero-order valence-electron chi connectivity index (χ0n) is 17.6. The Hall–Kier alpha value is -3.80. The van der Waals surface area contributed by atoms with E-state index in [1.807, 2.05) is 43.3 Å². The lowest BCUT2D eigenvalue weighted by atomic mass is 9.80. The number of carbonyl (C=O) groups excluding carboxylic acids is 2. The molecule has 162 valence electrons. The Kier molecular flexibility index (Phi) is 6.12. The summed E-state index contributed by atoms with van der Waals surface area (Å²) in [6.07, 6.45) is 7.54. The van der Waals surface area contributed by atoms with Gasteiger partial charge in [-0.3, -0.25) is 9.36 Å². The van der Waals surface area contributed by atoms with Crippen LogP contribution in [0.2, 0.25) is 0 Å². The summed E-state index contributed by atoms with van der Waals surface area (Å²) in [4.78, 5) is 30.2. The summed E-state index contributed by atoms with van der Waals surface area (Å²) in [7, 11) is 0. The smallest absolute Gasteiger partial charge is 0.341 e. The zero-order valence-corrected chi connectivity index (χ0v) is 17.6. The van der Waals surface area contributed by atoms with Crippen molar-refractivity contribution in [2.75, 3.05) is 0 Å². The minimum Gasteiger partial charge on any atom is -0.405 e. The summed E-state index contributed by atoms with van der Waals surface area (Å²) >= 11 is 0. The average molecular weight is 430 g/mol. The molecule has 2 heterocycles. The van der Waals surface area contributed by atoms with Gasteiger partial charge in [-0.15, -0.1) is 0 Å². The molecule has 0 amide bonds. The number of allylic oxidation sites excluding steroid dienone is 1. The van der Waals surface area contributed by atoms with Crippen molar-refractivity contribution in [2.45, 2.75) is 25.3 Å². The van der Waals surface area contributed by atoms with Crippen LogP contribution in [-0.4, -0.2) is 27.9 Å². The second-order valence-corrected chi connectivity index (χ2v) is 7.81. The summed E-state index contributed by atoms with van der Waals surface area (Å²) < 4.78 is 20.4. The molecule has 4 rings (SSSR count). The topological polar surface area (TPSA) is 60.7 Å². The van der Waals surface area contributed by atoms with E-state index in [-0.39, 0.29) is 30.0 Å². The Morgan fingerprint density at radius 2 is 1.78 bits per heavy atom. The molecule has 0 saturated heterocycles. The molecule has 1 aliphatic rings. The van der Waals surface area contributed by atoms with Gasteiger partial charge in [0.1, 0.15) is 5.82 Å². The van der Waals surface area contributed by atoms with E-state index >= 15 is 0 Å². The Labute approximate surface area is 185 Å². The maximum Gasteiger partial charge on any atom is 0.341 e. The second-order valence-electron chi connectivity index (χ2n) is 7.81. The Bertz CT molecular complexity index is 1150. The molecule has 6 heteroatoms. The summed E-state index contributed by atoms with van der Waals surface area (Å²) in [5, 5.41) is 0. The fourth-order valence-corrected chi connectivity index (χ4v) is 3.75. The lowest BCUT2D eigenvalue weighted by molar-refractivity contribution is -0.140. The molecule has 0 spiro atoms. The number of esters is 1. The van der Waals surface area contributed by atoms with Crippen molar-refractivity contribution in [1.29, 1.82) is 0 Å². The first-order chi connectivity index (χ1) is 15.5. The van der Waals surface area contributed by atoms with Gasteiger partial charge in [-0.05, 0) is 42.0 Å². The van der Waals surface area contributed by atoms with E-state index < -0.39 is 11.5 Å². The lowest BCUT2D eigenvalue weighted by Gasteiger charge is -2.27. The maximum absolute atomic E-state index is 13.3. The third kappa shape index (κ3) is 4.44. The lowest BCUT2D eigenvalue weighted by Crippen LogP contribution is -2.42. The molecule has 0 aliphatic carbocycles. The fourth-order valence-electron chi connectivity index (χ4n) is 3.75. The number of rotatable bonds is 7. The Morgan fingerprint density at radius 1 is 1.09 bits per heavy atom. The summed E-state index contributed by atoms with van der Waals surface area (Å²) in [6.45, 7) is 1.89. The second kappa shape index (κ2) is 9.14. The first-order valence-corrected chi connectivity index (χ1v) is 10.4. The molecule has 2 unspecified atom stereocenters. The molecule has 1 aromatic heterocycles. The molecule has 2 atom stereocenters. The van der Waals surface area contributed by atoms with Crippen LogP contribution < -0.4 is 0 Å². The molecule has 5 nitrogen and oxygen atoms in total. The molecule has 1 aliphatic heterocycles. The van der Waals surface area contributed by atoms with Gasteiger partial charge < -0.3 is 4.74 Å². The highest BCUT2D eigenvalue weighted by atomic mass is 19.1. The van der Waals surface area contributed by atoms with Crippen molar-refractivity contribution >= 4 is 17.8 Å². The number of carbonyl (C=O) groups is 2. The van der Waals surface area contributed by atoms with Crippen LogP contribution in [0.5, 0.6) is 0 Å². The highest BCUT2D eigenvalue weighted by Gasteiger charge is 2.49. The first-order valence-electron chi connectivity index (χ1n) is 10.4. The molecule has 0 fully saturated rings. The number of aromatic nitrogens is 1. The van der Waals surface area contributed by atoms with E-state index in [0.29, 0.717) is 12.0 Å². The third-order valence-corrected chi connectivity index (χ3v) is 5.61. The summed E-state index contributed by atoms with van der Waals surface area (Å²) in [6, 6.07) is 18.9. The predicted molar refractivity (Wildman–Crippen MR) is 120 cm³/mol. The number of ether oxygens (including phenoxy) is 1. The number of benzene rings is 2. The van der Waals surface area contributed by atoms with Gasteiger partial charge in [0.15, 0.2) is 5.54 Å². The van der Waals surface area contributed by atoms with Crippen LogP contribution in [0.25, 0.3) is 0 Å². The predicted octanol–water partition coefficient (Wildman–Crippen LogP) is 4.83. The van der Waals surface area contributed by atoms with Crippen LogP contribution in [0.1, 0.15) is 29.3 Å². The number of aliphatic imine (C=N–C) groups is 1. The standard InChI is InChI=1S/C26H23FN2O3/c1-19(8-7-11-23(30)29-16-5-6-17-29)26(18-20-9-3-2-4-10-20)25(31)32-24(28-26)21-12-14-22(27)15-13-21/h2-10,12-17,19H,11,18H2,1H3/b8-7+. The van der Waals surface area contributed by atoms with E-state index in [9.17, 15) is 14.0 Å². The van der Waals surface area contributed by atoms with Gasteiger partial charge in [0.25, 0.3) is 0 Å². The van der Waals surface area contributed by atoms with Gasteiger partial charge in [-0.2, -0.15) is 0 Å². The zero-order chi connectivity index (χ0) is 22.6. The van der Waals surface area contributed by atoms with E-state index in [1.54, 1.807) is 30.6 Å². The fraction of sp³-hybridized carbons (Fsp3) is 0.192. The molecule has 0 radical (unpaired) electrons. The van der Waals surface area contributed by atoms with Crippen molar-refractivity contribution in [3.63, 3.8) is 0 Å². The number of hydrogen-bond acceptors (Lipinski definition) is 4. The van der Waals surface area contributed by atoms with Gasteiger partial charge in [0, 0.05) is 36.7 Å². The van der Waals surface area contributed by atoms with Crippen molar-refractivity contribution < 1.29 is 18.7 Å². The Balaban J connectivity index is 1.63. The largest absolute Gasteiger partial charge is 0.405 e. The van der Waals surface area contributed by atoms with Gasteiger partial charge in [0.05, 0.1) is 0 Å². The van der Waals surface area contributed by atoms with Crippen LogP contribution in [0.4, 0.5) is 4.39 Å². The van der Waals surface area contributed by atoms with Crippen molar-refractivity contribution in [1.82, 2.24) is 4.57 Å². The third-order valence-electron chi connectivity index (χ3n) is 5.61. The van der Waals surface area contributed by atoms with Gasteiger partial charge >= 0.3 is 5.97 Å². The van der Waals surface area contributed by atoms with Crippen LogP contribution in [0.15, 0.2) is 96.3 Å². The molecule has 0 bridgehead atoms. The molecule has 3 aromatic rings. The molecule has 0 saturated carbocycles. The molecule has 32 heavy (non-hydrogen) atoms. The van der Waals surface area contributed by atoms with E-state index in [2.05, 4.69) is 0 Å². The SMILES string of the molecule is CC(/C=C/CC(=O)n1cccc1)C1(Cc2ccccc2)N=C(c2ccc(F)cc2)OC1=O. The Morgan fingerprint density at radius 3 is 2.47 bits per heavy atom. The van der Waals surface area contributed by atoms with Crippen LogP contribution >= 0.6 is 0 Å². The average Bonchev–Trinajstić information content (AvgIpc) is 3.44. The van der Waals surface area contributed by atoms with Gasteiger partial charge in [-0.1, -0.05) is 49.4 Å². The quantitative estimate of drug-likeness (QED) is 0.398. The minimum absolute atomic E-state index is 0.0694. The van der Waals surface area contributed by atoms with Crippen molar-refractivity contribution in [2.24, 2.45) is 10.9 Å². The van der Waals surface area contributed by atoms with Gasteiger partial charge in [-0.25, -0.2) is 14.2 Å². The number of halogens is 1. The highest BCUT2D eigenvalue weighted by molar-refractivity contribution is 6.08. The van der Waals surface area contributed by atoms with Crippen LogP contribution in [0, 0.1) is 11.7 Å². The van der Waals surface area contributed by atoms with Crippen molar-refractivity contribution in [3.05, 3.63) is 108 Å². The van der Waals surface area contributed by atoms with Gasteiger partial charge in [0.2, 0.25) is 11.8 Å². The number of hydrogen-bond donors (Lipinski definition) is 0. The van der Waals surface area contributed by atoms with E-state index in [4.69, 9.17) is 9.73 Å². The van der Waals surface area contributed by atoms with Crippen LogP contribution in [-0.2, 0) is 16.0 Å². The maximum atomic E-state index is 13.3. The number of nitrogens with zero attached hydrogens (tertiary/aromatic N) is 2. The highest BCUT2D eigenvalue weighted by Crippen LogP contribution is 2.35. The molecular formula is C26H23FN2O3. The summed E-state index contributed by atoms with van der Waals surface area (Å²) in [5.74, 6) is -1.08. The van der Waals surface area contributed by atoms with Crippen molar-refractivity contribution in [3.8, 4) is 0 Å². The molecular weight excluding hydrogens is 407 g/mol. The van der Waals surface area contributed by atoms with Crippen LogP contribution in [0.3, 0.4) is 0 Å². The normalized spacial score (nSPS) is 19.1. The minimum atomic E-state index is -1.18. The first kappa shape index (κ1) is 21.4. The number of cyclic esters (lactones) is 1. The summed E-state index contributed by atoms with van der Waals surface area (Å²) in [5.41, 5.74) is 0.295. The molecule has 0 N–H and O–H groups in total. The van der Waals surface area contributed by atoms with E-state index in [0.717, 1.165) is 5.56 Å². The van der Waals surface area contributed by atoms with E-state index in [1.165, 1.54) is 28.8 Å². The monoisotopic (exact) mass is 430 g/mol.